The normalized spacial score (nSPS) is 13.8. The Bertz CT molecular complexity index is 1500. The first-order chi connectivity index (χ1) is 17.7. The van der Waals surface area contributed by atoms with Crippen molar-refractivity contribution in [2.45, 2.75) is 52.4 Å². The number of nitrogens with zero attached hydrogens (tertiary/aromatic N) is 3. The summed E-state index contributed by atoms with van der Waals surface area (Å²) < 4.78 is 14.1. The third-order valence-electron chi connectivity index (χ3n) is 6.04. The van der Waals surface area contributed by atoms with Crippen LogP contribution in [0.2, 0.25) is 5.02 Å². The molecule has 1 aromatic carbocycles. The molecule has 1 amide bonds. The minimum Gasteiger partial charge on any atom is -0.487 e. The molecule has 1 aliphatic heterocycles. The molecule has 37 heavy (non-hydrogen) atoms. The lowest BCUT2D eigenvalue weighted by Crippen LogP contribution is -2.36. The number of hydrogen-bond acceptors (Lipinski definition) is 6. The minimum absolute atomic E-state index is 0.185. The second-order valence-electron chi connectivity index (χ2n) is 10.0. The fourth-order valence-corrected chi connectivity index (χ4v) is 5.71. The molecule has 192 valence electrons. The summed E-state index contributed by atoms with van der Waals surface area (Å²) in [5.41, 5.74) is 1.96. The zero-order valence-corrected chi connectivity index (χ0v) is 22.6. The van der Waals surface area contributed by atoms with Gasteiger partial charge >= 0.3 is 6.09 Å². The number of amides is 1. The number of ether oxygens (including phenoxy) is 2. The van der Waals surface area contributed by atoms with Crippen LogP contribution in [0.5, 0.6) is 5.75 Å². The van der Waals surface area contributed by atoms with Gasteiger partial charge < -0.3 is 14.4 Å². The van der Waals surface area contributed by atoms with Gasteiger partial charge in [-0.15, -0.1) is 11.3 Å². The highest BCUT2D eigenvalue weighted by Crippen LogP contribution is 2.36. The van der Waals surface area contributed by atoms with Crippen molar-refractivity contribution >= 4 is 39.1 Å². The van der Waals surface area contributed by atoms with Gasteiger partial charge in [0.1, 0.15) is 18.0 Å². The van der Waals surface area contributed by atoms with Crippen LogP contribution in [0.3, 0.4) is 0 Å². The topological polar surface area (TPSA) is 73.7 Å². The fourth-order valence-electron chi connectivity index (χ4n) is 4.31. The zero-order chi connectivity index (χ0) is 26.2. The van der Waals surface area contributed by atoms with E-state index in [4.69, 9.17) is 21.1 Å². The van der Waals surface area contributed by atoms with Crippen LogP contribution in [0, 0.1) is 0 Å². The Hall–Kier alpha value is -3.36. The summed E-state index contributed by atoms with van der Waals surface area (Å²) in [5, 5.41) is 1.67. The average molecular weight is 538 g/mol. The smallest absolute Gasteiger partial charge is 0.410 e. The van der Waals surface area contributed by atoms with Gasteiger partial charge in [-0.05, 0) is 74.9 Å². The van der Waals surface area contributed by atoms with E-state index in [2.05, 4.69) is 4.98 Å². The molecule has 0 spiro atoms. The van der Waals surface area contributed by atoms with Gasteiger partial charge in [0.05, 0.1) is 22.9 Å². The quantitative estimate of drug-likeness (QED) is 0.303. The van der Waals surface area contributed by atoms with Gasteiger partial charge in [-0.3, -0.25) is 14.3 Å². The first-order valence-electron chi connectivity index (χ1n) is 12.1. The van der Waals surface area contributed by atoms with Gasteiger partial charge in [-0.2, -0.15) is 0 Å². The first-order valence-corrected chi connectivity index (χ1v) is 13.3. The van der Waals surface area contributed by atoms with Crippen LogP contribution < -0.4 is 10.3 Å². The molecule has 0 bridgehead atoms. The second kappa shape index (κ2) is 10.2. The Morgan fingerprint density at radius 1 is 1.16 bits per heavy atom. The van der Waals surface area contributed by atoms with Crippen LogP contribution in [0.15, 0.2) is 59.7 Å². The van der Waals surface area contributed by atoms with E-state index >= 15 is 0 Å². The van der Waals surface area contributed by atoms with Crippen LogP contribution in [-0.4, -0.2) is 32.7 Å². The zero-order valence-electron chi connectivity index (χ0n) is 21.0. The van der Waals surface area contributed by atoms with E-state index in [-0.39, 0.29) is 18.3 Å². The Morgan fingerprint density at radius 2 is 2.00 bits per heavy atom. The predicted octanol–water partition coefficient (Wildman–Crippen LogP) is 6.36. The van der Waals surface area contributed by atoms with Crippen molar-refractivity contribution in [3.05, 3.63) is 86.4 Å². The largest absolute Gasteiger partial charge is 0.487 e. The SMILES string of the molecule is CC(C)(C)OC(=O)N1CCCc2sc3cc(-n4ccc(OCc5ccc(Cl)cn5)cc4=O)ccc3c2C1. The molecular weight excluding hydrogens is 510 g/mol. The lowest BCUT2D eigenvalue weighted by atomic mass is 10.1. The molecule has 3 aromatic heterocycles. The van der Waals surface area contributed by atoms with Crippen molar-refractivity contribution in [2.24, 2.45) is 0 Å². The number of halogens is 1. The van der Waals surface area contributed by atoms with Gasteiger partial charge in [-0.25, -0.2) is 4.79 Å². The Labute approximate surface area is 224 Å². The summed E-state index contributed by atoms with van der Waals surface area (Å²) in [7, 11) is 0. The number of hydrogen-bond donors (Lipinski definition) is 0. The number of fused-ring (bicyclic) bond motifs is 3. The molecule has 0 fully saturated rings. The molecule has 9 heteroatoms. The number of thiophene rings is 1. The molecule has 0 saturated carbocycles. The summed E-state index contributed by atoms with van der Waals surface area (Å²) >= 11 is 7.60. The maximum atomic E-state index is 12.9. The summed E-state index contributed by atoms with van der Waals surface area (Å²) in [4.78, 5) is 32.9. The van der Waals surface area contributed by atoms with Crippen molar-refractivity contribution in [1.29, 1.82) is 0 Å². The third kappa shape index (κ3) is 5.81. The van der Waals surface area contributed by atoms with E-state index in [0.29, 0.717) is 23.9 Å². The van der Waals surface area contributed by atoms with Crippen LogP contribution in [0.25, 0.3) is 15.8 Å². The molecule has 5 rings (SSSR count). The van der Waals surface area contributed by atoms with Gasteiger partial charge in [0, 0.05) is 34.6 Å². The maximum absolute atomic E-state index is 12.9. The van der Waals surface area contributed by atoms with Crippen LogP contribution in [0.4, 0.5) is 4.79 Å². The number of aromatic nitrogens is 2. The molecular formula is C28H28ClN3O4S. The summed E-state index contributed by atoms with van der Waals surface area (Å²) in [6.45, 7) is 7.09. The molecule has 0 radical (unpaired) electrons. The van der Waals surface area contributed by atoms with Gasteiger partial charge in [0.15, 0.2) is 0 Å². The lowest BCUT2D eigenvalue weighted by molar-refractivity contribution is 0.0237. The molecule has 0 saturated heterocycles. The second-order valence-corrected chi connectivity index (χ2v) is 11.6. The number of aryl methyl sites for hydroxylation is 1. The molecule has 1 aliphatic rings. The van der Waals surface area contributed by atoms with Gasteiger partial charge in [0.2, 0.25) is 0 Å². The Balaban J connectivity index is 1.36. The number of pyridine rings is 2. The molecule has 0 atom stereocenters. The van der Waals surface area contributed by atoms with Crippen molar-refractivity contribution in [2.75, 3.05) is 6.54 Å². The summed E-state index contributed by atoms with van der Waals surface area (Å²) in [6, 6.07) is 12.8. The van der Waals surface area contributed by atoms with Gasteiger partial charge in [0.25, 0.3) is 5.56 Å². The van der Waals surface area contributed by atoms with Crippen molar-refractivity contribution in [3.63, 3.8) is 0 Å². The standard InChI is InChI=1S/C28H28ClN3O4S/c1-28(2,3)36-27(34)31-11-4-5-24-23(16-31)22-9-8-20(13-25(22)37-24)32-12-10-21(14-26(32)33)35-17-19-7-6-18(29)15-30-19/h6-10,12-15H,4-5,11,16-17H2,1-3H3. The summed E-state index contributed by atoms with van der Waals surface area (Å²) in [5.74, 6) is 0.476. The van der Waals surface area contributed by atoms with E-state index in [0.717, 1.165) is 34.3 Å². The third-order valence-corrected chi connectivity index (χ3v) is 7.52. The van der Waals surface area contributed by atoms with E-state index in [1.807, 2.05) is 39.0 Å². The highest BCUT2D eigenvalue weighted by molar-refractivity contribution is 7.19. The number of benzene rings is 1. The van der Waals surface area contributed by atoms with Crippen molar-refractivity contribution in [3.8, 4) is 11.4 Å². The van der Waals surface area contributed by atoms with E-state index < -0.39 is 5.60 Å². The number of rotatable bonds is 4. The molecule has 4 aromatic rings. The van der Waals surface area contributed by atoms with Gasteiger partial charge in [-0.1, -0.05) is 17.7 Å². The Kier molecular flexibility index (Phi) is 6.96. The fraction of sp³-hybridized carbons (Fsp3) is 0.321. The van der Waals surface area contributed by atoms with Crippen LogP contribution >= 0.6 is 22.9 Å². The first kappa shape index (κ1) is 25.3. The molecule has 7 nitrogen and oxygen atoms in total. The van der Waals surface area contributed by atoms with E-state index in [9.17, 15) is 9.59 Å². The lowest BCUT2D eigenvalue weighted by Gasteiger charge is -2.26. The molecule has 0 aliphatic carbocycles. The molecule has 4 heterocycles. The maximum Gasteiger partial charge on any atom is 0.410 e. The van der Waals surface area contributed by atoms with E-state index in [1.165, 1.54) is 16.5 Å². The number of carbonyl (C=O) groups is 1. The average Bonchev–Trinajstić information content (AvgIpc) is 3.04. The Morgan fingerprint density at radius 3 is 2.73 bits per heavy atom. The van der Waals surface area contributed by atoms with Crippen molar-refractivity contribution < 1.29 is 14.3 Å². The summed E-state index contributed by atoms with van der Waals surface area (Å²) in [6.07, 6.45) is 4.80. The highest BCUT2D eigenvalue weighted by Gasteiger charge is 2.26. The monoisotopic (exact) mass is 537 g/mol. The molecule has 0 unspecified atom stereocenters. The molecule has 0 N–H and O–H groups in total. The highest BCUT2D eigenvalue weighted by atomic mass is 35.5. The predicted molar refractivity (Wildman–Crippen MR) is 146 cm³/mol. The van der Waals surface area contributed by atoms with E-state index in [1.54, 1.807) is 51.4 Å². The number of carbonyl (C=O) groups excluding carboxylic acids is 1. The van der Waals surface area contributed by atoms with Crippen LogP contribution in [0.1, 0.15) is 43.3 Å². The minimum atomic E-state index is -0.529. The van der Waals surface area contributed by atoms with Crippen molar-refractivity contribution in [1.82, 2.24) is 14.5 Å². The van der Waals surface area contributed by atoms with Crippen LogP contribution in [-0.2, 0) is 24.3 Å².